The first kappa shape index (κ1) is 15.4. The Labute approximate surface area is 107 Å². The van der Waals surface area contributed by atoms with Gasteiger partial charge in [-0.05, 0) is 19.8 Å². The molecule has 0 bridgehead atoms. The summed E-state index contributed by atoms with van der Waals surface area (Å²) in [6.45, 7) is 7.52. The van der Waals surface area contributed by atoms with Crippen LogP contribution in [-0.4, -0.2) is 53.5 Å². The summed E-state index contributed by atoms with van der Waals surface area (Å²) in [4.78, 5) is 10.5. The van der Waals surface area contributed by atoms with Crippen molar-refractivity contribution in [1.29, 1.82) is 0 Å². The zero-order chi connectivity index (χ0) is 13.9. The minimum Gasteiger partial charge on any atom is -0.435 e. The van der Waals surface area contributed by atoms with Gasteiger partial charge in [0.05, 0.1) is 12.2 Å². The average molecular weight is 262 g/mol. The molecular weight excluding hydrogens is 240 g/mol. The van der Waals surface area contributed by atoms with Crippen LogP contribution in [0.1, 0.15) is 27.7 Å². The highest BCUT2D eigenvalue weighted by atomic mass is 16.7. The Bertz CT molecular complexity index is 267. The third-order valence-corrected chi connectivity index (χ3v) is 2.86. The molecule has 1 heterocycles. The Morgan fingerprint density at radius 3 is 2.22 bits per heavy atom. The number of carbonyl (C=O) groups excluding carboxylic acids is 1. The molecular formula is C12H22O6. The summed E-state index contributed by atoms with van der Waals surface area (Å²) in [7, 11) is 0. The molecule has 6 heteroatoms. The summed E-state index contributed by atoms with van der Waals surface area (Å²) < 4.78 is 15.7. The topological polar surface area (TPSA) is 85.2 Å². The molecule has 1 fully saturated rings. The lowest BCUT2D eigenvalue weighted by molar-refractivity contribution is -0.305. The van der Waals surface area contributed by atoms with Crippen molar-refractivity contribution in [3.05, 3.63) is 0 Å². The summed E-state index contributed by atoms with van der Waals surface area (Å²) in [5.41, 5.74) is 0. The minimum absolute atomic E-state index is 0.0209. The van der Waals surface area contributed by atoms with Crippen molar-refractivity contribution >= 4 is 6.47 Å². The van der Waals surface area contributed by atoms with E-state index in [0.717, 1.165) is 0 Å². The summed E-state index contributed by atoms with van der Waals surface area (Å²) in [5.74, 6) is -0.0209. The third kappa shape index (κ3) is 3.41. The molecule has 0 amide bonds. The van der Waals surface area contributed by atoms with Crippen LogP contribution in [0.2, 0.25) is 0 Å². The molecule has 2 unspecified atom stereocenters. The number of aliphatic hydroxyl groups excluding tert-OH is 2. The molecule has 5 atom stereocenters. The first-order valence-corrected chi connectivity index (χ1v) is 6.14. The van der Waals surface area contributed by atoms with Gasteiger partial charge in [-0.25, -0.2) is 0 Å². The molecule has 18 heavy (non-hydrogen) atoms. The SMILES string of the molecule is CC(C)O[C@@H]1C(OC=O)O[C@@H](C(C)C)C(O)[C@H]1O. The number of ether oxygens (including phenoxy) is 3. The van der Waals surface area contributed by atoms with Gasteiger partial charge in [-0.3, -0.25) is 4.79 Å². The second-order valence-corrected chi connectivity index (χ2v) is 5.08. The maximum Gasteiger partial charge on any atom is 0.295 e. The van der Waals surface area contributed by atoms with Crippen molar-refractivity contribution < 1.29 is 29.2 Å². The standard InChI is InChI=1S/C12H22O6/c1-6(2)10-8(14)9(15)11(17-7(3)4)12(18-10)16-5-13/h5-12,14-15H,1-4H3/t8?,9-,10+,11+,12?/m1/s1. The molecule has 0 spiro atoms. The molecule has 6 nitrogen and oxygen atoms in total. The summed E-state index contributed by atoms with van der Waals surface area (Å²) in [5, 5.41) is 20.0. The van der Waals surface area contributed by atoms with E-state index in [-0.39, 0.29) is 18.5 Å². The molecule has 0 saturated carbocycles. The molecule has 2 N–H and O–H groups in total. The second-order valence-electron chi connectivity index (χ2n) is 5.08. The zero-order valence-corrected chi connectivity index (χ0v) is 11.1. The van der Waals surface area contributed by atoms with Gasteiger partial charge in [-0.15, -0.1) is 0 Å². The van der Waals surface area contributed by atoms with Crippen LogP contribution in [0.5, 0.6) is 0 Å². The van der Waals surface area contributed by atoms with Crippen molar-refractivity contribution in [3.63, 3.8) is 0 Å². The van der Waals surface area contributed by atoms with Crippen LogP contribution in [-0.2, 0) is 19.0 Å². The fourth-order valence-corrected chi connectivity index (χ4v) is 2.04. The number of hydrogen-bond donors (Lipinski definition) is 2. The van der Waals surface area contributed by atoms with Crippen molar-refractivity contribution in [1.82, 2.24) is 0 Å². The number of hydrogen-bond acceptors (Lipinski definition) is 6. The maximum atomic E-state index is 10.5. The van der Waals surface area contributed by atoms with E-state index in [2.05, 4.69) is 0 Å². The van der Waals surface area contributed by atoms with E-state index in [4.69, 9.17) is 14.2 Å². The zero-order valence-electron chi connectivity index (χ0n) is 11.1. The van der Waals surface area contributed by atoms with Crippen LogP contribution in [0.4, 0.5) is 0 Å². The van der Waals surface area contributed by atoms with Crippen molar-refractivity contribution in [2.45, 2.75) is 64.5 Å². The Morgan fingerprint density at radius 1 is 1.17 bits per heavy atom. The van der Waals surface area contributed by atoms with Gasteiger partial charge in [0.25, 0.3) is 6.47 Å². The average Bonchev–Trinajstić information content (AvgIpc) is 2.27. The van der Waals surface area contributed by atoms with E-state index in [1.807, 2.05) is 13.8 Å². The van der Waals surface area contributed by atoms with E-state index >= 15 is 0 Å². The Hall–Kier alpha value is -0.690. The molecule has 0 aromatic rings. The smallest absolute Gasteiger partial charge is 0.295 e. The molecule has 0 aliphatic carbocycles. The predicted octanol–water partition coefficient (Wildman–Crippen LogP) is 0.0557. The third-order valence-electron chi connectivity index (χ3n) is 2.86. The van der Waals surface area contributed by atoms with Gasteiger partial charge in [0.2, 0.25) is 6.29 Å². The van der Waals surface area contributed by atoms with E-state index in [1.54, 1.807) is 13.8 Å². The Morgan fingerprint density at radius 2 is 1.78 bits per heavy atom. The fraction of sp³-hybridized carbons (Fsp3) is 0.917. The van der Waals surface area contributed by atoms with Crippen molar-refractivity contribution in [3.8, 4) is 0 Å². The first-order valence-electron chi connectivity index (χ1n) is 6.14. The van der Waals surface area contributed by atoms with Crippen LogP contribution in [0.25, 0.3) is 0 Å². The van der Waals surface area contributed by atoms with Gasteiger partial charge in [0, 0.05) is 0 Å². The molecule has 1 aliphatic rings. The molecule has 0 aromatic carbocycles. The van der Waals surface area contributed by atoms with Crippen LogP contribution in [0, 0.1) is 5.92 Å². The van der Waals surface area contributed by atoms with Gasteiger partial charge in [0.1, 0.15) is 18.3 Å². The lowest BCUT2D eigenvalue weighted by atomic mass is 9.92. The van der Waals surface area contributed by atoms with E-state index in [1.165, 1.54) is 0 Å². The number of aliphatic hydroxyl groups is 2. The highest BCUT2D eigenvalue weighted by Crippen LogP contribution is 2.28. The molecule has 0 radical (unpaired) electrons. The highest BCUT2D eigenvalue weighted by Gasteiger charge is 2.47. The second kappa shape index (κ2) is 6.47. The molecule has 106 valence electrons. The van der Waals surface area contributed by atoms with E-state index in [9.17, 15) is 15.0 Å². The van der Waals surface area contributed by atoms with Crippen molar-refractivity contribution in [2.75, 3.05) is 0 Å². The maximum absolute atomic E-state index is 10.5. The minimum atomic E-state index is -1.15. The largest absolute Gasteiger partial charge is 0.435 e. The summed E-state index contributed by atoms with van der Waals surface area (Å²) in [6.07, 6.45) is -4.90. The van der Waals surface area contributed by atoms with Gasteiger partial charge < -0.3 is 24.4 Å². The molecule has 1 aliphatic heterocycles. The Balaban J connectivity index is 2.84. The molecule has 1 rings (SSSR count). The highest BCUT2D eigenvalue weighted by molar-refractivity contribution is 5.37. The Kier molecular flexibility index (Phi) is 5.52. The van der Waals surface area contributed by atoms with E-state index < -0.39 is 30.7 Å². The van der Waals surface area contributed by atoms with Gasteiger partial charge in [0.15, 0.2) is 0 Å². The lowest BCUT2D eigenvalue weighted by Crippen LogP contribution is -2.60. The predicted molar refractivity (Wildman–Crippen MR) is 62.7 cm³/mol. The van der Waals surface area contributed by atoms with Gasteiger partial charge in [-0.2, -0.15) is 0 Å². The lowest BCUT2D eigenvalue weighted by Gasteiger charge is -2.43. The number of carbonyl (C=O) groups is 1. The fourth-order valence-electron chi connectivity index (χ4n) is 2.04. The monoisotopic (exact) mass is 262 g/mol. The quantitative estimate of drug-likeness (QED) is 0.681. The van der Waals surface area contributed by atoms with Crippen molar-refractivity contribution in [2.24, 2.45) is 5.92 Å². The van der Waals surface area contributed by atoms with Crippen LogP contribution >= 0.6 is 0 Å². The van der Waals surface area contributed by atoms with Crippen LogP contribution in [0.15, 0.2) is 0 Å². The summed E-state index contributed by atoms with van der Waals surface area (Å²) >= 11 is 0. The first-order chi connectivity index (χ1) is 8.38. The van der Waals surface area contributed by atoms with E-state index in [0.29, 0.717) is 0 Å². The summed E-state index contributed by atoms with van der Waals surface area (Å²) in [6, 6.07) is 0. The van der Waals surface area contributed by atoms with Gasteiger partial charge in [-0.1, -0.05) is 13.8 Å². The number of rotatable bonds is 5. The molecule has 1 saturated heterocycles. The van der Waals surface area contributed by atoms with Crippen LogP contribution in [0.3, 0.4) is 0 Å². The van der Waals surface area contributed by atoms with Gasteiger partial charge >= 0.3 is 0 Å². The molecule has 0 aromatic heterocycles. The normalized spacial score (nSPS) is 37.0. The van der Waals surface area contributed by atoms with Crippen LogP contribution < -0.4 is 0 Å².